The second-order valence-corrected chi connectivity index (χ2v) is 7.74. The molecule has 0 aliphatic rings. The molecule has 7 nitrogen and oxygen atoms in total. The molecule has 8 heteroatoms. The molecule has 3 rings (SSSR count). The SMILES string of the molecule is CC(C)Oc1cccc(C(=O)NC(=S)Nc2cccc(NC(=O)COc3ccccc3)c2)c1. The number of amides is 2. The van der Waals surface area contributed by atoms with Gasteiger partial charge >= 0.3 is 0 Å². The van der Waals surface area contributed by atoms with Crippen LogP contribution in [0.15, 0.2) is 78.9 Å². The van der Waals surface area contributed by atoms with Crippen molar-refractivity contribution in [2.24, 2.45) is 0 Å². The summed E-state index contributed by atoms with van der Waals surface area (Å²) < 4.78 is 11.1. The van der Waals surface area contributed by atoms with Gasteiger partial charge in [-0.1, -0.05) is 30.3 Å². The summed E-state index contributed by atoms with van der Waals surface area (Å²) in [5.74, 6) is 0.571. The average molecular weight is 464 g/mol. The van der Waals surface area contributed by atoms with Crippen LogP contribution in [-0.2, 0) is 4.79 Å². The maximum absolute atomic E-state index is 12.5. The molecule has 0 aliphatic heterocycles. The number of anilines is 2. The van der Waals surface area contributed by atoms with Gasteiger partial charge in [0.2, 0.25) is 0 Å². The Morgan fingerprint density at radius 3 is 2.24 bits per heavy atom. The van der Waals surface area contributed by atoms with E-state index in [4.69, 9.17) is 21.7 Å². The number of carbonyl (C=O) groups excluding carboxylic acids is 2. The number of rotatable bonds is 8. The van der Waals surface area contributed by atoms with Crippen LogP contribution in [0.2, 0.25) is 0 Å². The Bertz CT molecular complexity index is 1120. The van der Waals surface area contributed by atoms with Crippen molar-refractivity contribution in [3.05, 3.63) is 84.4 Å². The molecular formula is C25H25N3O4S. The van der Waals surface area contributed by atoms with Crippen LogP contribution in [0.5, 0.6) is 11.5 Å². The Morgan fingerprint density at radius 1 is 0.848 bits per heavy atom. The van der Waals surface area contributed by atoms with Crippen LogP contribution in [0.25, 0.3) is 0 Å². The number of ether oxygens (including phenoxy) is 2. The van der Waals surface area contributed by atoms with Gasteiger partial charge in [-0.15, -0.1) is 0 Å². The highest BCUT2D eigenvalue weighted by Gasteiger charge is 2.10. The molecule has 0 spiro atoms. The summed E-state index contributed by atoms with van der Waals surface area (Å²) in [5.41, 5.74) is 1.60. The van der Waals surface area contributed by atoms with Gasteiger partial charge < -0.3 is 20.1 Å². The van der Waals surface area contributed by atoms with E-state index < -0.39 is 0 Å². The minimum absolute atomic E-state index is 0.00345. The summed E-state index contributed by atoms with van der Waals surface area (Å²) >= 11 is 5.26. The normalized spacial score (nSPS) is 10.3. The quantitative estimate of drug-likeness (QED) is 0.423. The van der Waals surface area contributed by atoms with Crippen LogP contribution < -0.4 is 25.4 Å². The third-order valence-electron chi connectivity index (χ3n) is 4.21. The van der Waals surface area contributed by atoms with E-state index in [-0.39, 0.29) is 29.6 Å². The van der Waals surface area contributed by atoms with Crippen molar-refractivity contribution in [1.29, 1.82) is 0 Å². The number of benzene rings is 3. The van der Waals surface area contributed by atoms with Gasteiger partial charge in [0.15, 0.2) is 11.7 Å². The highest BCUT2D eigenvalue weighted by atomic mass is 32.1. The minimum atomic E-state index is -0.357. The van der Waals surface area contributed by atoms with Crippen LogP contribution in [0.3, 0.4) is 0 Å². The third-order valence-corrected chi connectivity index (χ3v) is 4.42. The van der Waals surface area contributed by atoms with E-state index >= 15 is 0 Å². The van der Waals surface area contributed by atoms with Gasteiger partial charge in [0.1, 0.15) is 11.5 Å². The number of hydrogen-bond acceptors (Lipinski definition) is 5. The molecule has 0 aromatic heterocycles. The van der Waals surface area contributed by atoms with Crippen LogP contribution in [0.4, 0.5) is 11.4 Å². The first-order valence-electron chi connectivity index (χ1n) is 10.4. The second-order valence-electron chi connectivity index (χ2n) is 7.33. The lowest BCUT2D eigenvalue weighted by atomic mass is 10.2. The number of carbonyl (C=O) groups is 2. The molecule has 0 bridgehead atoms. The van der Waals surface area contributed by atoms with Gasteiger partial charge in [0.05, 0.1) is 6.10 Å². The van der Waals surface area contributed by atoms with Crippen molar-refractivity contribution in [2.45, 2.75) is 20.0 Å². The molecule has 3 N–H and O–H groups in total. The molecule has 0 unspecified atom stereocenters. The molecule has 2 amide bonds. The minimum Gasteiger partial charge on any atom is -0.491 e. The molecule has 33 heavy (non-hydrogen) atoms. The number of para-hydroxylation sites is 1. The average Bonchev–Trinajstić information content (AvgIpc) is 2.78. The fourth-order valence-electron chi connectivity index (χ4n) is 2.86. The number of hydrogen-bond donors (Lipinski definition) is 3. The Balaban J connectivity index is 1.52. The zero-order valence-corrected chi connectivity index (χ0v) is 19.1. The van der Waals surface area contributed by atoms with E-state index in [1.54, 1.807) is 60.7 Å². The van der Waals surface area contributed by atoms with Gasteiger partial charge in [-0.25, -0.2) is 0 Å². The highest BCUT2D eigenvalue weighted by molar-refractivity contribution is 7.80. The van der Waals surface area contributed by atoms with Gasteiger partial charge in [-0.3, -0.25) is 14.9 Å². The zero-order valence-electron chi connectivity index (χ0n) is 18.3. The van der Waals surface area contributed by atoms with Gasteiger partial charge in [0, 0.05) is 16.9 Å². The van der Waals surface area contributed by atoms with Gasteiger partial charge in [-0.05, 0) is 74.6 Å². The van der Waals surface area contributed by atoms with E-state index in [0.29, 0.717) is 28.4 Å². The molecule has 0 fully saturated rings. The Labute approximate surface area is 198 Å². The fourth-order valence-corrected chi connectivity index (χ4v) is 3.07. The van der Waals surface area contributed by atoms with Crippen molar-refractivity contribution in [1.82, 2.24) is 5.32 Å². The summed E-state index contributed by atoms with van der Waals surface area (Å²) in [5, 5.41) is 8.49. The van der Waals surface area contributed by atoms with E-state index in [0.717, 1.165) is 0 Å². The zero-order chi connectivity index (χ0) is 23.6. The van der Waals surface area contributed by atoms with Crippen LogP contribution in [-0.4, -0.2) is 29.6 Å². The predicted molar refractivity (Wildman–Crippen MR) is 133 cm³/mol. The first kappa shape index (κ1) is 23.7. The van der Waals surface area contributed by atoms with Crippen molar-refractivity contribution >= 4 is 40.5 Å². The predicted octanol–water partition coefficient (Wildman–Crippen LogP) is 4.62. The van der Waals surface area contributed by atoms with E-state index in [1.165, 1.54) is 0 Å². The number of nitrogens with one attached hydrogen (secondary N) is 3. The van der Waals surface area contributed by atoms with Crippen molar-refractivity contribution < 1.29 is 19.1 Å². The Hall–Kier alpha value is -3.91. The van der Waals surface area contributed by atoms with E-state index in [9.17, 15) is 9.59 Å². The van der Waals surface area contributed by atoms with E-state index in [2.05, 4.69) is 16.0 Å². The maximum Gasteiger partial charge on any atom is 0.262 e. The van der Waals surface area contributed by atoms with Gasteiger partial charge in [-0.2, -0.15) is 0 Å². The molecule has 3 aromatic carbocycles. The second kappa shape index (κ2) is 11.6. The topological polar surface area (TPSA) is 88.7 Å². The van der Waals surface area contributed by atoms with Crippen molar-refractivity contribution in [3.63, 3.8) is 0 Å². The molecule has 0 radical (unpaired) electrons. The molecular weight excluding hydrogens is 438 g/mol. The van der Waals surface area contributed by atoms with Crippen LogP contribution >= 0.6 is 12.2 Å². The smallest absolute Gasteiger partial charge is 0.262 e. The van der Waals surface area contributed by atoms with Crippen molar-refractivity contribution in [2.75, 3.05) is 17.2 Å². The molecule has 0 atom stereocenters. The third kappa shape index (κ3) is 7.93. The Morgan fingerprint density at radius 2 is 1.52 bits per heavy atom. The summed E-state index contributed by atoms with van der Waals surface area (Å²) in [4.78, 5) is 24.7. The van der Waals surface area contributed by atoms with Crippen LogP contribution in [0, 0.1) is 0 Å². The molecule has 0 aliphatic carbocycles. The van der Waals surface area contributed by atoms with Crippen molar-refractivity contribution in [3.8, 4) is 11.5 Å². The summed E-state index contributed by atoms with van der Waals surface area (Å²) in [6.45, 7) is 3.72. The molecule has 0 saturated carbocycles. The number of thiocarbonyl (C=S) groups is 1. The first-order valence-corrected chi connectivity index (χ1v) is 10.8. The summed E-state index contributed by atoms with van der Waals surface area (Å²) in [6.07, 6.45) is 0.00345. The highest BCUT2D eigenvalue weighted by Crippen LogP contribution is 2.17. The largest absolute Gasteiger partial charge is 0.491 e. The molecule has 0 heterocycles. The summed E-state index contributed by atoms with van der Waals surface area (Å²) in [6, 6.07) is 22.9. The molecule has 170 valence electrons. The lowest BCUT2D eigenvalue weighted by Gasteiger charge is -2.13. The van der Waals surface area contributed by atoms with Crippen LogP contribution in [0.1, 0.15) is 24.2 Å². The standard InChI is InChI=1S/C25H25N3O4S/c1-17(2)32-22-13-6-8-18(14-22)24(30)28-25(33)27-20-10-7-9-19(15-20)26-23(29)16-31-21-11-4-3-5-12-21/h3-15,17H,16H2,1-2H3,(H,26,29)(H2,27,28,30,33). The monoisotopic (exact) mass is 463 g/mol. The molecule has 3 aromatic rings. The lowest BCUT2D eigenvalue weighted by Crippen LogP contribution is -2.34. The first-order chi connectivity index (χ1) is 15.9. The van der Waals surface area contributed by atoms with E-state index in [1.807, 2.05) is 32.0 Å². The lowest BCUT2D eigenvalue weighted by molar-refractivity contribution is -0.118. The Kier molecular flexibility index (Phi) is 8.37. The summed E-state index contributed by atoms with van der Waals surface area (Å²) in [7, 11) is 0. The molecule has 0 saturated heterocycles. The maximum atomic E-state index is 12.5. The fraction of sp³-hybridized carbons (Fsp3) is 0.160. The van der Waals surface area contributed by atoms with Gasteiger partial charge in [0.25, 0.3) is 11.8 Å².